The molecule has 7 aromatic carbocycles. The first-order valence-corrected chi connectivity index (χ1v) is 19.0. The summed E-state index contributed by atoms with van der Waals surface area (Å²) in [5.74, 6) is 0. The number of thiophene rings is 1. The van der Waals surface area contributed by atoms with Crippen LogP contribution in [0.15, 0.2) is 150 Å². The van der Waals surface area contributed by atoms with Gasteiger partial charge in [-0.15, -0.1) is 11.3 Å². The first kappa shape index (κ1) is 29.8. The van der Waals surface area contributed by atoms with Crippen LogP contribution in [0.5, 0.6) is 0 Å². The quantitative estimate of drug-likeness (QED) is 0.183. The molecule has 11 rings (SSSR count). The molecule has 0 radical (unpaired) electrons. The highest BCUT2D eigenvalue weighted by atomic mass is 32.1. The van der Waals surface area contributed by atoms with E-state index in [0.29, 0.717) is 0 Å². The predicted molar refractivity (Wildman–Crippen MR) is 221 cm³/mol. The Balaban J connectivity index is 1.07. The van der Waals surface area contributed by atoms with Gasteiger partial charge >= 0.3 is 0 Å². The summed E-state index contributed by atoms with van der Waals surface area (Å²) in [5.41, 5.74) is 12.1. The lowest BCUT2D eigenvalue weighted by molar-refractivity contribution is 0.568. The van der Waals surface area contributed by atoms with E-state index in [-0.39, 0.29) is 11.5 Å². The van der Waals surface area contributed by atoms with Crippen molar-refractivity contribution in [3.63, 3.8) is 0 Å². The van der Waals surface area contributed by atoms with Gasteiger partial charge in [-0.25, -0.2) is 0 Å². The Hall–Kier alpha value is -5.90. The Morgan fingerprint density at radius 2 is 1.40 bits per heavy atom. The van der Waals surface area contributed by atoms with Crippen molar-refractivity contribution in [2.75, 3.05) is 4.90 Å². The third kappa shape index (κ3) is 4.30. The summed E-state index contributed by atoms with van der Waals surface area (Å²) >= 11 is 1.88. The van der Waals surface area contributed by atoms with Gasteiger partial charge in [0.05, 0.1) is 6.04 Å². The first-order valence-electron chi connectivity index (χ1n) is 18.2. The second kappa shape index (κ2) is 11.0. The largest absolute Gasteiger partial charge is 0.456 e. The van der Waals surface area contributed by atoms with Crippen molar-refractivity contribution in [1.29, 1.82) is 0 Å². The molecule has 2 aliphatic rings. The zero-order valence-electron chi connectivity index (χ0n) is 29.1. The van der Waals surface area contributed by atoms with Gasteiger partial charge in [-0.3, -0.25) is 0 Å². The molecule has 0 fully saturated rings. The average molecular weight is 686 g/mol. The number of hydrogen-bond donors (Lipinski definition) is 0. The standard InChI is InChI=1S/C49H35NOS/c1-49(2)40-14-7-5-13-38(40)48-41(49)15-9-16-42(48)50(34-24-25-37-36-12-6-8-17-43(36)51-44(37)29-34)33-22-18-30(19-23-33)32-21-26-45-39(28-32)47-35-11-4-3-10-31(35)20-27-46(47)52-45/h3-23,25-29,34H,24H2,1-2H3. The van der Waals surface area contributed by atoms with E-state index < -0.39 is 0 Å². The molecule has 0 N–H and O–H groups in total. The van der Waals surface area contributed by atoms with Gasteiger partial charge in [0.2, 0.25) is 0 Å². The van der Waals surface area contributed by atoms with Crippen LogP contribution in [-0.4, -0.2) is 6.04 Å². The Bertz CT molecular complexity index is 3030. The van der Waals surface area contributed by atoms with Crippen LogP contribution >= 0.6 is 11.3 Å². The van der Waals surface area contributed by atoms with E-state index in [1.54, 1.807) is 0 Å². The van der Waals surface area contributed by atoms with Crippen LogP contribution in [-0.2, 0) is 5.41 Å². The maximum Gasteiger partial charge on any atom is 0.135 e. The van der Waals surface area contributed by atoms with Crippen LogP contribution in [0.2, 0.25) is 0 Å². The SMILES string of the molecule is CC1(C)c2ccccc2-c2c(N(c3ccc(-c4ccc5sc6ccc7ccccc7c6c5c4)cc3)C3C=c4oc5ccccc5c4=CC3)cccc21. The number of anilines is 2. The highest BCUT2D eigenvalue weighted by Gasteiger charge is 2.38. The summed E-state index contributed by atoms with van der Waals surface area (Å²) in [6, 6.07) is 53.8. The third-order valence-corrected chi connectivity index (χ3v) is 12.7. The van der Waals surface area contributed by atoms with Gasteiger partial charge in [-0.1, -0.05) is 123 Å². The maximum atomic E-state index is 6.47. The van der Waals surface area contributed by atoms with Crippen molar-refractivity contribution < 1.29 is 4.42 Å². The van der Waals surface area contributed by atoms with E-state index in [9.17, 15) is 0 Å². The van der Waals surface area contributed by atoms with Crippen LogP contribution in [0.3, 0.4) is 0 Å². The van der Waals surface area contributed by atoms with Crippen molar-refractivity contribution in [3.8, 4) is 22.3 Å². The van der Waals surface area contributed by atoms with Gasteiger partial charge in [0.1, 0.15) is 11.0 Å². The number of para-hydroxylation sites is 1. The number of nitrogens with zero attached hydrogens (tertiary/aromatic N) is 1. The molecule has 248 valence electrons. The number of rotatable bonds is 4. The average Bonchev–Trinajstić information content (AvgIpc) is 3.83. The zero-order chi connectivity index (χ0) is 34.6. The smallest absolute Gasteiger partial charge is 0.135 e. The van der Waals surface area contributed by atoms with E-state index in [1.165, 1.54) is 86.3 Å². The summed E-state index contributed by atoms with van der Waals surface area (Å²) in [6.07, 6.45) is 5.59. The molecular weight excluding hydrogens is 651 g/mol. The van der Waals surface area contributed by atoms with E-state index in [0.717, 1.165) is 17.4 Å². The lowest BCUT2D eigenvalue weighted by Crippen LogP contribution is -2.37. The number of fused-ring (bicyclic) bond motifs is 11. The van der Waals surface area contributed by atoms with Crippen LogP contribution < -0.4 is 15.5 Å². The second-order valence-electron chi connectivity index (χ2n) is 14.8. The van der Waals surface area contributed by atoms with E-state index in [4.69, 9.17) is 4.42 Å². The van der Waals surface area contributed by atoms with Crippen LogP contribution in [0.1, 0.15) is 31.4 Å². The van der Waals surface area contributed by atoms with Crippen molar-refractivity contribution in [1.82, 2.24) is 0 Å². The highest BCUT2D eigenvalue weighted by Crippen LogP contribution is 2.53. The zero-order valence-corrected chi connectivity index (χ0v) is 29.9. The van der Waals surface area contributed by atoms with Gasteiger partial charge in [-0.2, -0.15) is 0 Å². The van der Waals surface area contributed by atoms with Crippen molar-refractivity contribution in [2.45, 2.75) is 31.7 Å². The molecule has 1 atom stereocenters. The normalized spacial score (nSPS) is 15.7. The van der Waals surface area contributed by atoms with Gasteiger partial charge in [-0.05, 0) is 93.6 Å². The van der Waals surface area contributed by atoms with Gasteiger partial charge in [0, 0.05) is 53.1 Å². The van der Waals surface area contributed by atoms with Crippen LogP contribution in [0.25, 0.3) is 76.3 Å². The number of furan rings is 1. The fraction of sp³-hybridized carbons (Fsp3) is 0.102. The Kier molecular flexibility index (Phi) is 6.33. The third-order valence-electron chi connectivity index (χ3n) is 11.6. The topological polar surface area (TPSA) is 16.4 Å². The lowest BCUT2D eigenvalue weighted by Gasteiger charge is -2.34. The molecule has 3 heteroatoms. The maximum absolute atomic E-state index is 6.47. The summed E-state index contributed by atoms with van der Waals surface area (Å²) in [4.78, 5) is 2.55. The van der Waals surface area contributed by atoms with Crippen molar-refractivity contribution >= 4 is 76.8 Å². The van der Waals surface area contributed by atoms with Gasteiger partial charge in [0.15, 0.2) is 0 Å². The molecule has 2 aromatic heterocycles. The molecule has 0 saturated carbocycles. The summed E-state index contributed by atoms with van der Waals surface area (Å²) in [5, 5.41) is 7.68. The van der Waals surface area contributed by atoms with Gasteiger partial charge in [0.25, 0.3) is 0 Å². The minimum absolute atomic E-state index is 0.0723. The van der Waals surface area contributed by atoms with E-state index in [1.807, 2.05) is 11.3 Å². The molecule has 9 aromatic rings. The molecule has 1 unspecified atom stereocenters. The second-order valence-corrected chi connectivity index (χ2v) is 15.9. The summed E-state index contributed by atoms with van der Waals surface area (Å²) in [7, 11) is 0. The molecule has 0 aliphatic heterocycles. The van der Waals surface area contributed by atoms with Crippen molar-refractivity contribution in [2.24, 2.45) is 0 Å². The monoisotopic (exact) mass is 685 g/mol. The molecule has 0 amide bonds. The van der Waals surface area contributed by atoms with Gasteiger partial charge < -0.3 is 9.32 Å². The molecular formula is C49H35NOS. The molecule has 2 aliphatic carbocycles. The number of benzene rings is 7. The van der Waals surface area contributed by atoms with Crippen LogP contribution in [0, 0.1) is 0 Å². The Labute approximate surface area is 306 Å². The first-order chi connectivity index (χ1) is 25.5. The summed E-state index contributed by atoms with van der Waals surface area (Å²) in [6.45, 7) is 4.72. The molecule has 0 bridgehead atoms. The molecule has 52 heavy (non-hydrogen) atoms. The Morgan fingerprint density at radius 3 is 2.31 bits per heavy atom. The fourth-order valence-electron chi connectivity index (χ4n) is 9.07. The summed E-state index contributed by atoms with van der Waals surface area (Å²) < 4.78 is 9.14. The minimum atomic E-state index is -0.0818. The Morgan fingerprint density at radius 1 is 0.654 bits per heavy atom. The molecule has 2 nitrogen and oxygen atoms in total. The number of hydrogen-bond acceptors (Lipinski definition) is 3. The molecule has 0 saturated heterocycles. The van der Waals surface area contributed by atoms with E-state index in [2.05, 4.69) is 176 Å². The van der Waals surface area contributed by atoms with Crippen LogP contribution in [0.4, 0.5) is 11.4 Å². The predicted octanol–water partition coefficient (Wildman–Crippen LogP) is 12.1. The minimum Gasteiger partial charge on any atom is -0.456 e. The van der Waals surface area contributed by atoms with E-state index >= 15 is 0 Å². The van der Waals surface area contributed by atoms with Crippen molar-refractivity contribution in [3.05, 3.63) is 167 Å². The highest BCUT2D eigenvalue weighted by molar-refractivity contribution is 7.26. The lowest BCUT2D eigenvalue weighted by atomic mass is 9.82. The molecule has 0 spiro atoms. The fourth-order valence-corrected chi connectivity index (χ4v) is 10.2. The molecule has 2 heterocycles.